The fraction of sp³-hybridized carbons (Fsp3) is 0.140. The summed E-state index contributed by atoms with van der Waals surface area (Å²) in [6, 6.07) is 16.7. The van der Waals surface area contributed by atoms with Crippen molar-refractivity contribution in [2.45, 2.75) is 32.6 Å². The van der Waals surface area contributed by atoms with E-state index < -0.39 is 163 Å². The third-order valence-corrected chi connectivity index (χ3v) is 17.0. The third kappa shape index (κ3) is 19.3. The summed E-state index contributed by atoms with van der Waals surface area (Å²) in [5.74, 6) is -6.67. The molecule has 10 N–H and O–H groups in total. The van der Waals surface area contributed by atoms with E-state index in [1.807, 2.05) is 0 Å². The van der Waals surface area contributed by atoms with Crippen LogP contribution in [0.3, 0.4) is 0 Å². The zero-order valence-corrected chi connectivity index (χ0v) is 48.4. The molecular weight excluding hydrogens is 1360 g/mol. The maximum absolute atomic E-state index is 12.8. The van der Waals surface area contributed by atoms with Crippen LogP contribution >= 0.6 is 12.0 Å². The second kappa shape index (κ2) is 30.0. The van der Waals surface area contributed by atoms with Gasteiger partial charge in [-0.15, -0.1) is 45.2 Å². The maximum Gasteiger partial charge on any atom is 0.397 e. The minimum atomic E-state index is -5.24. The van der Waals surface area contributed by atoms with Gasteiger partial charge in [0, 0.05) is 57.5 Å². The Balaban J connectivity index is 0.00000774. The standard InChI is InChI=1S/C43H38N8O26S6.2Cu/c52-35-11-9-33(48-47-32-8-4-27(21-38(32)82(67,68)69)80(62,63)16-14-78-77-76-75-59)41(54)39(35)50-44-29-5-1-23(18-25(29)22-73-58)17-24-2-6-30(28(19-24)43(56)57)45-51-40-36(53)12-10-34(42(40)55)49-46-31-7-3-26(20-37(31)81(64,65)66)79(60,61)15-13-74-83(70,71)72;;/h1-12,18-21,52-55,58-59H,13-17,22H2,(H,56,57)(H,64,65,66)(H,67,68,69)(H,70,71,72);;. The molecule has 0 aliphatic rings. The number of carbonyl (C=O) groups is 1. The number of azo groups is 4. The molecule has 0 fully saturated rings. The fourth-order valence-electron chi connectivity index (χ4n) is 6.77. The number of benzene rings is 6. The quantitative estimate of drug-likeness (QED) is 0.00440. The van der Waals surface area contributed by atoms with E-state index in [4.69, 9.17) is 9.81 Å². The van der Waals surface area contributed by atoms with Crippen molar-refractivity contribution < 1.29 is 154 Å². The molecule has 2 radical (unpaired) electrons. The number of aromatic carboxylic acids is 1. The number of phenols is 4. The zero-order chi connectivity index (χ0) is 61.1. The van der Waals surface area contributed by atoms with Gasteiger partial charge in [-0.1, -0.05) is 18.2 Å². The topological polar surface area (TPSA) is 535 Å². The van der Waals surface area contributed by atoms with Crippen molar-refractivity contribution in [3.8, 4) is 23.0 Å². The first-order chi connectivity index (χ1) is 38.9. The first kappa shape index (κ1) is 70.6. The van der Waals surface area contributed by atoms with Gasteiger partial charge in [-0.2, -0.15) is 25.3 Å². The Hall–Kier alpha value is -6.87. The van der Waals surface area contributed by atoms with E-state index in [1.54, 1.807) is 0 Å². The summed E-state index contributed by atoms with van der Waals surface area (Å²) in [5.41, 5.74) is -3.29. The SMILES string of the molecule is O=C(O)c1cc(Cc2ccc(N=Nc3c(O)ccc(N=Nc4ccc(S(=O)(=O)CCSOOOO)cc4S(=O)(=O)O)c3O)c(COO)c2)ccc1N=Nc1c(O)ccc(N=Nc2ccc(S(=O)(=O)CCOS(=O)(=O)O)cc2S(=O)(=O)O)c1O.[Cu].[Cu]. The summed E-state index contributed by atoms with van der Waals surface area (Å²) >= 11 is 0.412. The van der Waals surface area contributed by atoms with E-state index in [0.29, 0.717) is 35.3 Å². The van der Waals surface area contributed by atoms with Crippen LogP contribution in [0.1, 0.15) is 27.0 Å². The molecule has 34 nitrogen and oxygen atoms in total. The van der Waals surface area contributed by atoms with Crippen molar-refractivity contribution in [2.24, 2.45) is 40.9 Å². The van der Waals surface area contributed by atoms with Crippen LogP contribution in [-0.2, 0) is 121 Å². The molecule has 85 heavy (non-hydrogen) atoms. The molecular formula is C43H38Cu2N8O26S6. The van der Waals surface area contributed by atoms with Crippen molar-refractivity contribution in [2.75, 3.05) is 23.9 Å². The van der Waals surface area contributed by atoms with Gasteiger partial charge >= 0.3 is 16.4 Å². The Labute approximate surface area is 504 Å². The monoisotopic (exact) mass is 1400 g/mol. The molecule has 0 spiro atoms. The smallest absolute Gasteiger partial charge is 0.397 e. The van der Waals surface area contributed by atoms with Crippen LogP contribution in [-0.4, -0.2) is 122 Å². The number of hydrogen-bond donors (Lipinski definition) is 10. The van der Waals surface area contributed by atoms with Crippen LogP contribution in [0.25, 0.3) is 0 Å². The van der Waals surface area contributed by atoms with E-state index in [9.17, 15) is 86.8 Å². The molecule has 0 atom stereocenters. The van der Waals surface area contributed by atoms with Gasteiger partial charge in [-0.3, -0.25) is 18.9 Å². The normalized spacial score (nSPS) is 12.5. The maximum atomic E-state index is 12.8. The van der Waals surface area contributed by atoms with Crippen LogP contribution in [0.5, 0.6) is 23.0 Å². The van der Waals surface area contributed by atoms with E-state index in [-0.39, 0.29) is 63.2 Å². The largest absolute Gasteiger partial charge is 0.505 e. The number of phenolic OH excluding ortho intramolecular Hbond substituents is 4. The van der Waals surface area contributed by atoms with Crippen molar-refractivity contribution in [3.63, 3.8) is 0 Å². The zero-order valence-electron chi connectivity index (χ0n) is 41.6. The number of aromatic hydroxyl groups is 4. The van der Waals surface area contributed by atoms with Gasteiger partial charge in [0.05, 0.1) is 39.2 Å². The van der Waals surface area contributed by atoms with Gasteiger partial charge in [-0.05, 0) is 106 Å². The summed E-state index contributed by atoms with van der Waals surface area (Å²) in [7, 11) is -24.1. The number of nitrogens with zero attached hydrogens (tertiary/aromatic N) is 8. The Morgan fingerprint density at radius 2 is 0.953 bits per heavy atom. The average molecular weight is 1400 g/mol. The van der Waals surface area contributed by atoms with Gasteiger partial charge < -0.3 is 25.5 Å². The first-order valence-electron chi connectivity index (χ1n) is 22.0. The van der Waals surface area contributed by atoms with Crippen molar-refractivity contribution >= 4 is 114 Å². The van der Waals surface area contributed by atoms with Crippen LogP contribution in [0, 0.1) is 0 Å². The Kier molecular flexibility index (Phi) is 24.9. The molecule has 0 aliphatic carbocycles. The summed E-state index contributed by atoms with van der Waals surface area (Å²) < 4.78 is 158. The molecule has 464 valence electrons. The molecule has 6 aromatic rings. The number of carboxylic acids is 1. The Bertz CT molecular complexity index is 4200. The molecule has 0 unspecified atom stereocenters. The van der Waals surface area contributed by atoms with Gasteiger partial charge in [0.2, 0.25) is 0 Å². The summed E-state index contributed by atoms with van der Waals surface area (Å²) in [6.45, 7) is -1.57. The van der Waals surface area contributed by atoms with Gasteiger partial charge in [0.25, 0.3) is 20.2 Å². The van der Waals surface area contributed by atoms with Crippen LogP contribution in [0.4, 0.5) is 45.5 Å². The number of sulfone groups is 2. The minimum absolute atomic E-state index is 0. The number of rotatable bonds is 27. The van der Waals surface area contributed by atoms with Gasteiger partial charge in [-0.25, -0.2) is 36.0 Å². The molecule has 0 saturated carbocycles. The predicted molar refractivity (Wildman–Crippen MR) is 279 cm³/mol. The van der Waals surface area contributed by atoms with E-state index >= 15 is 0 Å². The molecule has 0 saturated heterocycles. The molecule has 0 amide bonds. The molecule has 42 heteroatoms. The molecule has 0 aliphatic heterocycles. The van der Waals surface area contributed by atoms with E-state index in [2.05, 4.69) is 64.4 Å². The molecule has 0 bridgehead atoms. The van der Waals surface area contributed by atoms with E-state index in [1.165, 1.54) is 36.4 Å². The molecule has 6 rings (SSSR count). The summed E-state index contributed by atoms with van der Waals surface area (Å²) in [6.07, 6.45) is 0.00518. The molecule has 0 heterocycles. The minimum Gasteiger partial charge on any atom is -0.505 e. The summed E-state index contributed by atoms with van der Waals surface area (Å²) in [5, 5.41) is 108. The molecule has 6 aromatic carbocycles. The Morgan fingerprint density at radius 1 is 0.518 bits per heavy atom. The van der Waals surface area contributed by atoms with Crippen molar-refractivity contribution in [1.29, 1.82) is 0 Å². The second-order valence-electron chi connectivity index (χ2n) is 16.1. The molecule has 0 aromatic heterocycles. The fourth-order valence-corrected chi connectivity index (χ4v) is 11.8. The van der Waals surface area contributed by atoms with E-state index in [0.717, 1.165) is 48.5 Å². The van der Waals surface area contributed by atoms with Crippen LogP contribution in [0.15, 0.2) is 158 Å². The predicted octanol–water partition coefficient (Wildman–Crippen LogP) is 8.31. The van der Waals surface area contributed by atoms with Gasteiger partial charge in [0.15, 0.2) is 42.5 Å². The van der Waals surface area contributed by atoms with Gasteiger partial charge in [0.1, 0.15) is 56.3 Å². The average Bonchev–Trinajstić information content (AvgIpc) is 3.49. The van der Waals surface area contributed by atoms with Crippen molar-refractivity contribution in [3.05, 3.63) is 119 Å². The third-order valence-electron chi connectivity index (χ3n) is 10.6. The first-order valence-corrected chi connectivity index (χ1v) is 30.5. The Morgan fingerprint density at radius 3 is 1.42 bits per heavy atom. The second-order valence-corrected chi connectivity index (χ2v) is 25.0. The van der Waals surface area contributed by atoms with Crippen molar-refractivity contribution in [1.82, 2.24) is 0 Å². The number of carboxylic acid groups (broad SMARTS) is 1. The summed E-state index contributed by atoms with van der Waals surface area (Å²) in [4.78, 5) is 13.4. The number of hydrogen-bond acceptors (Lipinski definition) is 31. The van der Waals surface area contributed by atoms with Crippen LogP contribution in [0.2, 0.25) is 0 Å². The van der Waals surface area contributed by atoms with Crippen LogP contribution < -0.4 is 0 Å².